The van der Waals surface area contributed by atoms with E-state index in [1.807, 2.05) is 6.92 Å². The molecule has 0 heterocycles. The third kappa shape index (κ3) is 13.8. The molecule has 0 saturated carbocycles. The molecular formula is C3H7NO. The van der Waals surface area contributed by atoms with Crippen LogP contribution in [0.15, 0.2) is 12.7 Å². The van der Waals surface area contributed by atoms with Gasteiger partial charge in [0.2, 0.25) is 0 Å². The molecule has 0 unspecified atom stereocenters. The lowest BCUT2D eigenvalue weighted by atomic mass is 10.8. The van der Waals surface area contributed by atoms with Gasteiger partial charge in [-0.1, -0.05) is 11.7 Å². The maximum absolute atomic E-state index is 7.50. The Kier molecular flexibility index (Phi) is 280. The molecule has 0 aliphatic rings. The lowest BCUT2D eigenvalue weighted by molar-refractivity contribution is 1.49. The van der Waals surface area contributed by atoms with E-state index >= 15 is 0 Å². The molecule has 0 rings (SSSR count). The van der Waals surface area contributed by atoms with Gasteiger partial charge in [-0.2, -0.15) is 4.91 Å². The third-order valence-electron chi connectivity index (χ3n) is 0. The predicted octanol–water partition coefficient (Wildman–Crippen LogP) is 1.52. The highest BCUT2D eigenvalue weighted by Gasteiger charge is 1.15. The lowest BCUT2D eigenvalue weighted by Crippen LogP contribution is -1.07. The van der Waals surface area contributed by atoms with Gasteiger partial charge >= 0.3 is 0 Å². The molecule has 0 aromatic rings. The van der Waals surface area contributed by atoms with Gasteiger partial charge in [-0.3, -0.25) is 0 Å². The molecular weight excluding hydrogens is 66.0 g/mol. The average molecular weight is 73.1 g/mol. The minimum Gasteiger partial charge on any atom is -0.154 e. The van der Waals surface area contributed by atoms with Crippen molar-refractivity contribution in [3.05, 3.63) is 17.6 Å². The van der Waals surface area contributed by atoms with Gasteiger partial charge in [0, 0.05) is 0 Å². The van der Waals surface area contributed by atoms with Gasteiger partial charge in [0.15, 0.2) is 0 Å². The monoisotopic (exact) mass is 73.1 g/mol. The first-order valence-corrected chi connectivity index (χ1v) is 1.19. The summed E-state index contributed by atoms with van der Waals surface area (Å²) >= 11 is 0. The molecule has 0 atom stereocenters. The maximum Gasteiger partial charge on any atom is -0.0473 e. The molecule has 2 nitrogen and oxygen atoms in total. The van der Waals surface area contributed by atoms with Gasteiger partial charge in [0.25, 0.3) is 0 Å². The first-order valence-electron chi connectivity index (χ1n) is 1.19. The normalized spacial score (nSPS) is 3.40. The van der Waals surface area contributed by atoms with Gasteiger partial charge in [-0.25, -0.2) is 0 Å². The lowest BCUT2D eigenvalue weighted by Gasteiger charge is -1.31. The van der Waals surface area contributed by atoms with Crippen molar-refractivity contribution in [2.75, 3.05) is 0 Å². The second-order valence-electron chi connectivity index (χ2n) is 0.408. The summed E-state index contributed by atoms with van der Waals surface area (Å²) < 4.78 is 0. The molecule has 30 valence electrons. The summed E-state index contributed by atoms with van der Waals surface area (Å²) in [4.78, 5) is 7.50. The van der Waals surface area contributed by atoms with Crippen LogP contribution in [0.3, 0.4) is 0 Å². The average Bonchev–Trinajstić information content (AvgIpc) is 1.46. The van der Waals surface area contributed by atoms with Crippen LogP contribution >= 0.6 is 0 Å². The van der Waals surface area contributed by atoms with Crippen molar-refractivity contribution in [2.45, 2.75) is 6.92 Å². The van der Waals surface area contributed by atoms with E-state index in [1.165, 1.54) is 0 Å². The van der Waals surface area contributed by atoms with Crippen LogP contribution in [-0.2, 0) is 0 Å². The Balaban J connectivity index is 0. The summed E-state index contributed by atoms with van der Waals surface area (Å²) in [5.41, 5.74) is 4.50. The van der Waals surface area contributed by atoms with Crippen LogP contribution in [0.2, 0.25) is 0 Å². The molecule has 5 heavy (non-hydrogen) atoms. The minimum absolute atomic E-state index is 1.75. The number of rotatable bonds is 0. The van der Waals surface area contributed by atoms with Crippen LogP contribution in [0.25, 0.3) is 0 Å². The zero-order valence-electron chi connectivity index (χ0n) is 3.19. The van der Waals surface area contributed by atoms with Gasteiger partial charge in [0.1, 0.15) is 0 Å². The second kappa shape index (κ2) is 158. The quantitative estimate of drug-likeness (QED) is 0.343. The van der Waals surface area contributed by atoms with Crippen molar-refractivity contribution in [3.63, 3.8) is 0 Å². The highest BCUT2D eigenvalue weighted by Crippen LogP contribution is 1.38. The Labute approximate surface area is 31.3 Å². The third-order valence-corrected chi connectivity index (χ3v) is 0. The number of nitroso groups, excluding NO2 is 1. The van der Waals surface area contributed by atoms with Crippen LogP contribution in [-0.4, -0.2) is 0 Å². The van der Waals surface area contributed by atoms with Crippen LogP contribution in [0.4, 0.5) is 0 Å². The maximum atomic E-state index is 7.50. The van der Waals surface area contributed by atoms with E-state index in [-0.39, 0.29) is 0 Å². The Morgan fingerprint density at radius 2 is 1.80 bits per heavy atom. The molecule has 2 heteroatoms. The Morgan fingerprint density at radius 3 is 1.80 bits per heavy atom. The van der Waals surface area contributed by atoms with E-state index in [9.17, 15) is 0 Å². The van der Waals surface area contributed by atoms with Crippen LogP contribution in [0, 0.1) is 10.5 Å². The van der Waals surface area contributed by atoms with Crippen LogP contribution in [0.5, 0.6) is 0 Å². The molecule has 0 bridgehead atoms. The van der Waals surface area contributed by atoms with Crippen molar-refractivity contribution in [3.8, 4) is 0 Å². The standard InChI is InChI=1S/C3H6.HNO/c1-3-2;1-2/h3H,1H2,2H3;1H. The summed E-state index contributed by atoms with van der Waals surface area (Å²) in [6, 6.07) is 0. The molecule has 0 saturated heterocycles. The van der Waals surface area contributed by atoms with Gasteiger partial charge in [-0.15, -0.1) is 6.58 Å². The second-order valence-corrected chi connectivity index (χ2v) is 0.408. The Hall–Kier alpha value is -0.660. The van der Waals surface area contributed by atoms with Crippen LogP contribution < -0.4 is 0 Å². The first kappa shape index (κ1) is 8.84. The zero-order valence-corrected chi connectivity index (χ0v) is 3.19. The minimum atomic E-state index is 1.75. The van der Waals surface area contributed by atoms with Crippen molar-refractivity contribution in [1.29, 1.82) is 5.59 Å². The van der Waals surface area contributed by atoms with Crippen LogP contribution in [0.1, 0.15) is 6.92 Å². The number of hydrogen-bond acceptors (Lipinski definition) is 2. The van der Waals surface area contributed by atoms with E-state index in [0.29, 0.717) is 0 Å². The van der Waals surface area contributed by atoms with Crippen molar-refractivity contribution >= 4 is 0 Å². The molecule has 1 N–H and O–H groups in total. The van der Waals surface area contributed by atoms with Gasteiger partial charge in [0.05, 0.1) is 0 Å². The molecule has 0 amide bonds. The van der Waals surface area contributed by atoms with Crippen molar-refractivity contribution in [1.82, 2.24) is 0 Å². The number of allylic oxidation sites excluding steroid dienone is 1. The largest absolute Gasteiger partial charge is 0.154 e. The zero-order chi connectivity index (χ0) is 4.71. The number of hydrogen-bond donors (Lipinski definition) is 1. The predicted molar refractivity (Wildman–Crippen MR) is 22.0 cm³/mol. The fraction of sp³-hybridized carbons (Fsp3) is 0.333. The van der Waals surface area contributed by atoms with E-state index < -0.39 is 0 Å². The Morgan fingerprint density at radius 1 is 1.80 bits per heavy atom. The molecule has 0 aliphatic heterocycles. The van der Waals surface area contributed by atoms with Gasteiger partial charge < -0.3 is 0 Å². The fourth-order valence-electron chi connectivity index (χ4n) is 0. The van der Waals surface area contributed by atoms with Crippen molar-refractivity contribution < 1.29 is 0 Å². The SMILES string of the molecule is C=CC.N=O. The van der Waals surface area contributed by atoms with Gasteiger partial charge in [-0.05, 0) is 6.92 Å². The first-order chi connectivity index (χ1) is 2.41. The molecule has 0 aromatic heterocycles. The molecule has 0 aromatic carbocycles. The summed E-state index contributed by atoms with van der Waals surface area (Å²) in [5, 5.41) is 0. The summed E-state index contributed by atoms with van der Waals surface area (Å²) in [5.74, 6) is 0. The van der Waals surface area contributed by atoms with E-state index in [0.717, 1.165) is 0 Å². The smallest absolute Gasteiger partial charge is 0.0473 e. The van der Waals surface area contributed by atoms with E-state index in [1.54, 1.807) is 6.08 Å². The van der Waals surface area contributed by atoms with E-state index in [4.69, 9.17) is 4.91 Å². The highest BCUT2D eigenvalue weighted by atomic mass is 16.2. The summed E-state index contributed by atoms with van der Waals surface area (Å²) in [6.07, 6.45) is 1.75. The molecule has 0 spiro atoms. The topological polar surface area (TPSA) is 40.9 Å². The molecule has 0 aliphatic carbocycles. The Bertz CT molecular complexity index is 20.9. The van der Waals surface area contributed by atoms with E-state index in [2.05, 4.69) is 12.2 Å². The fourth-order valence-corrected chi connectivity index (χ4v) is 0. The number of nitrogens with one attached hydrogen (secondary N) is 1. The molecule has 0 fully saturated rings. The summed E-state index contributed by atoms with van der Waals surface area (Å²) in [7, 11) is 0. The van der Waals surface area contributed by atoms with Crippen molar-refractivity contribution in [2.24, 2.45) is 0 Å². The molecule has 0 radical (unpaired) electrons. The highest BCUT2D eigenvalue weighted by molar-refractivity contribution is 4.51. The summed E-state index contributed by atoms with van der Waals surface area (Å²) in [6.45, 7) is 5.25.